The van der Waals surface area contributed by atoms with Crippen molar-refractivity contribution in [3.63, 3.8) is 0 Å². The lowest BCUT2D eigenvalue weighted by molar-refractivity contribution is 0.155. The Morgan fingerprint density at radius 3 is 1.79 bits per heavy atom. The molecule has 2 aromatic rings. The summed E-state index contributed by atoms with van der Waals surface area (Å²) in [5, 5.41) is 0. The number of hydrogen-bond acceptors (Lipinski definition) is 0. The Balaban J connectivity index is 1.11. The van der Waals surface area contributed by atoms with Crippen molar-refractivity contribution in [2.75, 3.05) is 0 Å². The largest absolute Gasteiger partial charge is 0.207 e. The Morgan fingerprint density at radius 2 is 1.18 bits per heavy atom. The van der Waals surface area contributed by atoms with Gasteiger partial charge in [0.1, 0.15) is 5.82 Å². The monoisotopic (exact) mass is 516 g/mol. The molecule has 0 heterocycles. The normalized spacial score (nSPS) is 30.3. The van der Waals surface area contributed by atoms with E-state index < -0.39 is 0 Å². The number of rotatable bonds is 9. The van der Waals surface area contributed by atoms with Crippen LogP contribution >= 0.6 is 0 Å². The summed E-state index contributed by atoms with van der Waals surface area (Å²) < 4.78 is 15.2. The molecule has 0 amide bonds. The fraction of sp³-hybridized carbons (Fsp3) is 0.676. The van der Waals surface area contributed by atoms with Crippen LogP contribution < -0.4 is 0 Å². The SMILES string of the molecule is CCCCCC1CCC(C2CCC(c3ccc(-c4ccc(C5CCC(CC)CC5)c(F)c4)cc3)CC2)CC1. The van der Waals surface area contributed by atoms with E-state index in [1.54, 1.807) is 6.07 Å². The first-order valence-corrected chi connectivity index (χ1v) is 16.5. The summed E-state index contributed by atoms with van der Waals surface area (Å²) in [5.41, 5.74) is 4.62. The van der Waals surface area contributed by atoms with Crippen LogP contribution in [0, 0.1) is 29.5 Å². The first kappa shape index (κ1) is 27.9. The Morgan fingerprint density at radius 1 is 0.605 bits per heavy atom. The van der Waals surface area contributed by atoms with Crippen LogP contribution in [0.4, 0.5) is 4.39 Å². The van der Waals surface area contributed by atoms with Crippen molar-refractivity contribution in [1.29, 1.82) is 0 Å². The van der Waals surface area contributed by atoms with E-state index in [4.69, 9.17) is 0 Å². The zero-order chi connectivity index (χ0) is 26.3. The fourth-order valence-corrected chi connectivity index (χ4v) is 8.42. The Kier molecular flexibility index (Phi) is 10.0. The molecule has 0 spiro atoms. The van der Waals surface area contributed by atoms with Crippen molar-refractivity contribution in [2.45, 2.75) is 135 Å². The zero-order valence-corrected chi connectivity index (χ0v) is 24.4. The van der Waals surface area contributed by atoms with Crippen LogP contribution in [0.25, 0.3) is 11.1 Å². The van der Waals surface area contributed by atoms with Gasteiger partial charge < -0.3 is 0 Å². The van der Waals surface area contributed by atoms with Gasteiger partial charge in [0, 0.05) is 0 Å². The highest BCUT2D eigenvalue weighted by molar-refractivity contribution is 5.64. The third-order valence-electron chi connectivity index (χ3n) is 11.1. The third kappa shape index (κ3) is 6.92. The molecule has 1 heteroatoms. The van der Waals surface area contributed by atoms with Crippen LogP contribution in [-0.2, 0) is 0 Å². The molecule has 3 aliphatic rings. The molecule has 5 rings (SSSR count). The lowest BCUT2D eigenvalue weighted by Gasteiger charge is -2.38. The molecule has 3 saturated carbocycles. The molecule has 0 saturated heterocycles. The van der Waals surface area contributed by atoms with Crippen LogP contribution in [0.15, 0.2) is 42.5 Å². The van der Waals surface area contributed by atoms with E-state index >= 15 is 4.39 Å². The van der Waals surface area contributed by atoms with Gasteiger partial charge in [-0.05, 0) is 128 Å². The number of hydrogen-bond donors (Lipinski definition) is 0. The van der Waals surface area contributed by atoms with E-state index in [0.29, 0.717) is 11.8 Å². The number of halogens is 1. The average Bonchev–Trinajstić information content (AvgIpc) is 2.98. The number of benzene rings is 2. The molecule has 0 bridgehead atoms. The first-order valence-electron chi connectivity index (χ1n) is 16.5. The second-order valence-electron chi connectivity index (χ2n) is 13.4. The highest BCUT2D eigenvalue weighted by atomic mass is 19.1. The van der Waals surface area contributed by atoms with Gasteiger partial charge in [-0.25, -0.2) is 4.39 Å². The molecule has 0 aromatic heterocycles. The van der Waals surface area contributed by atoms with Gasteiger partial charge in [0.05, 0.1) is 0 Å². The molecule has 0 unspecified atom stereocenters. The summed E-state index contributed by atoms with van der Waals surface area (Å²) in [6.45, 7) is 4.61. The van der Waals surface area contributed by atoms with Crippen LogP contribution in [0.1, 0.15) is 146 Å². The van der Waals surface area contributed by atoms with Gasteiger partial charge in [-0.15, -0.1) is 0 Å². The predicted molar refractivity (Wildman–Crippen MR) is 161 cm³/mol. The van der Waals surface area contributed by atoms with Gasteiger partial charge in [0.25, 0.3) is 0 Å². The first-order chi connectivity index (χ1) is 18.6. The van der Waals surface area contributed by atoms with Crippen LogP contribution in [0.2, 0.25) is 0 Å². The van der Waals surface area contributed by atoms with Crippen molar-refractivity contribution in [3.8, 4) is 11.1 Å². The molecular formula is C37H53F. The van der Waals surface area contributed by atoms with E-state index in [1.807, 2.05) is 0 Å². The molecule has 0 N–H and O–H groups in total. The molecule has 0 radical (unpaired) electrons. The Labute approximate surface area is 233 Å². The van der Waals surface area contributed by atoms with Crippen LogP contribution in [0.5, 0.6) is 0 Å². The summed E-state index contributed by atoms with van der Waals surface area (Å²) in [5.74, 6) is 4.97. The number of unbranched alkanes of at least 4 members (excludes halogenated alkanes) is 2. The maximum atomic E-state index is 15.2. The van der Waals surface area contributed by atoms with E-state index in [1.165, 1.54) is 102 Å². The van der Waals surface area contributed by atoms with Gasteiger partial charge in [0.2, 0.25) is 0 Å². The minimum Gasteiger partial charge on any atom is -0.207 e. The van der Waals surface area contributed by atoms with Crippen molar-refractivity contribution in [3.05, 3.63) is 59.4 Å². The quantitative estimate of drug-likeness (QED) is 0.291. The topological polar surface area (TPSA) is 0 Å². The Bertz CT molecular complexity index is 966. The summed E-state index contributed by atoms with van der Waals surface area (Å²) >= 11 is 0. The summed E-state index contributed by atoms with van der Waals surface area (Å²) in [6.07, 6.45) is 23.3. The fourth-order valence-electron chi connectivity index (χ4n) is 8.42. The summed E-state index contributed by atoms with van der Waals surface area (Å²) in [6, 6.07) is 15.2. The van der Waals surface area contributed by atoms with Crippen LogP contribution in [-0.4, -0.2) is 0 Å². The van der Waals surface area contributed by atoms with Gasteiger partial charge in [-0.3, -0.25) is 0 Å². The van der Waals surface area contributed by atoms with Crippen molar-refractivity contribution in [1.82, 2.24) is 0 Å². The standard InChI is InChI=1S/C37H53F/c1-3-5-6-7-28-10-12-29(13-11-28)30-16-18-31(19-17-30)32-20-22-33(23-21-32)35-24-25-36(37(38)26-35)34-14-8-27(4-2)9-15-34/h20-31,34H,3-19H2,1-2H3. The predicted octanol–water partition coefficient (Wildman–Crippen LogP) is 11.8. The van der Waals surface area contributed by atoms with Gasteiger partial charge in [-0.2, -0.15) is 0 Å². The molecule has 0 nitrogen and oxygen atoms in total. The second kappa shape index (κ2) is 13.6. The van der Waals surface area contributed by atoms with Gasteiger partial charge in [-0.1, -0.05) is 95.2 Å². The van der Waals surface area contributed by atoms with Crippen molar-refractivity contribution in [2.24, 2.45) is 23.7 Å². The molecule has 208 valence electrons. The lowest BCUT2D eigenvalue weighted by atomic mass is 9.68. The molecule has 38 heavy (non-hydrogen) atoms. The van der Waals surface area contributed by atoms with Crippen molar-refractivity contribution < 1.29 is 4.39 Å². The second-order valence-corrected chi connectivity index (χ2v) is 13.4. The minimum atomic E-state index is -0.000148. The smallest absolute Gasteiger partial charge is 0.127 e. The van der Waals surface area contributed by atoms with Gasteiger partial charge >= 0.3 is 0 Å². The van der Waals surface area contributed by atoms with Gasteiger partial charge in [0.15, 0.2) is 0 Å². The third-order valence-corrected chi connectivity index (χ3v) is 11.1. The molecule has 0 aliphatic heterocycles. The maximum Gasteiger partial charge on any atom is 0.127 e. The molecule has 2 aromatic carbocycles. The molecule has 3 aliphatic carbocycles. The Hall–Kier alpha value is -1.63. The maximum absolute atomic E-state index is 15.2. The van der Waals surface area contributed by atoms with Crippen LogP contribution in [0.3, 0.4) is 0 Å². The highest BCUT2D eigenvalue weighted by Crippen LogP contribution is 2.45. The van der Waals surface area contributed by atoms with E-state index in [0.717, 1.165) is 53.2 Å². The summed E-state index contributed by atoms with van der Waals surface area (Å²) in [4.78, 5) is 0. The molecule has 3 fully saturated rings. The van der Waals surface area contributed by atoms with E-state index in [-0.39, 0.29) is 5.82 Å². The lowest BCUT2D eigenvalue weighted by Crippen LogP contribution is -2.25. The zero-order valence-electron chi connectivity index (χ0n) is 24.4. The van der Waals surface area contributed by atoms with E-state index in [9.17, 15) is 0 Å². The molecule has 0 atom stereocenters. The highest BCUT2D eigenvalue weighted by Gasteiger charge is 2.31. The summed E-state index contributed by atoms with van der Waals surface area (Å²) in [7, 11) is 0. The van der Waals surface area contributed by atoms with Crippen molar-refractivity contribution >= 4 is 0 Å². The molecular weight excluding hydrogens is 463 g/mol. The van der Waals surface area contributed by atoms with E-state index in [2.05, 4.69) is 50.2 Å². The average molecular weight is 517 g/mol. The minimum absolute atomic E-state index is 0.000148.